The Morgan fingerprint density at radius 3 is 2.56 bits per heavy atom. The van der Waals surface area contributed by atoms with Crippen LogP contribution in [0.25, 0.3) is 0 Å². The van der Waals surface area contributed by atoms with Gasteiger partial charge in [0.25, 0.3) is 0 Å². The summed E-state index contributed by atoms with van der Waals surface area (Å²) in [7, 11) is 0. The molecule has 1 aliphatic rings. The Balaban J connectivity index is 2.02. The molecule has 1 unspecified atom stereocenters. The highest BCUT2D eigenvalue weighted by Gasteiger charge is 2.26. The first kappa shape index (κ1) is 10.5. The molecule has 5 nitrogen and oxygen atoms in total. The van der Waals surface area contributed by atoms with Crippen molar-refractivity contribution in [1.82, 2.24) is 5.32 Å². The van der Waals surface area contributed by atoms with Crippen molar-refractivity contribution in [2.45, 2.75) is 18.9 Å². The van der Waals surface area contributed by atoms with E-state index in [1.54, 1.807) is 12.1 Å². The molecule has 0 radical (unpaired) electrons. The van der Waals surface area contributed by atoms with E-state index in [0.29, 0.717) is 12.8 Å². The van der Waals surface area contributed by atoms with Gasteiger partial charge >= 0.3 is 0 Å². The SMILES string of the molecule is O=C1CCC(Nc2ccc(O)cc2)C(=O)N1. The number of anilines is 1. The molecule has 2 amide bonds. The van der Waals surface area contributed by atoms with Gasteiger partial charge in [-0.25, -0.2) is 0 Å². The number of rotatable bonds is 2. The van der Waals surface area contributed by atoms with Crippen molar-refractivity contribution in [1.29, 1.82) is 0 Å². The predicted molar refractivity (Wildman–Crippen MR) is 57.9 cm³/mol. The largest absolute Gasteiger partial charge is 0.508 e. The first-order valence-corrected chi connectivity index (χ1v) is 5.04. The Hall–Kier alpha value is -2.04. The highest BCUT2D eigenvalue weighted by molar-refractivity contribution is 6.01. The lowest BCUT2D eigenvalue weighted by atomic mass is 10.1. The number of piperidine rings is 1. The number of amides is 2. The van der Waals surface area contributed by atoms with Crippen LogP contribution in [0.4, 0.5) is 5.69 Å². The fraction of sp³-hybridized carbons (Fsp3) is 0.273. The molecule has 0 spiro atoms. The lowest BCUT2D eigenvalue weighted by molar-refractivity contribution is -0.133. The highest BCUT2D eigenvalue weighted by atomic mass is 16.3. The van der Waals surface area contributed by atoms with Gasteiger partial charge in [-0.2, -0.15) is 0 Å². The number of carbonyl (C=O) groups is 2. The van der Waals surface area contributed by atoms with Crippen LogP contribution in [-0.2, 0) is 9.59 Å². The van der Waals surface area contributed by atoms with Crippen LogP contribution in [0.3, 0.4) is 0 Å². The molecule has 1 aromatic carbocycles. The lowest BCUT2D eigenvalue weighted by Gasteiger charge is -2.22. The van der Waals surface area contributed by atoms with Gasteiger partial charge in [0.05, 0.1) is 0 Å². The van der Waals surface area contributed by atoms with Crippen LogP contribution >= 0.6 is 0 Å². The van der Waals surface area contributed by atoms with E-state index < -0.39 is 0 Å². The summed E-state index contributed by atoms with van der Waals surface area (Å²) in [5.74, 6) is -0.355. The Labute approximate surface area is 92.5 Å². The van der Waals surface area contributed by atoms with Crippen LogP contribution in [-0.4, -0.2) is 23.0 Å². The van der Waals surface area contributed by atoms with Gasteiger partial charge in [-0.05, 0) is 30.7 Å². The number of hydrogen-bond acceptors (Lipinski definition) is 4. The van der Waals surface area contributed by atoms with Crippen molar-refractivity contribution >= 4 is 17.5 Å². The summed E-state index contributed by atoms with van der Waals surface area (Å²) < 4.78 is 0. The van der Waals surface area contributed by atoms with E-state index in [1.807, 2.05) is 0 Å². The summed E-state index contributed by atoms with van der Waals surface area (Å²) in [5, 5.41) is 14.4. The summed E-state index contributed by atoms with van der Waals surface area (Å²) in [6.07, 6.45) is 0.840. The third-order valence-corrected chi connectivity index (χ3v) is 2.45. The quantitative estimate of drug-likeness (QED) is 0.504. The zero-order chi connectivity index (χ0) is 11.5. The second-order valence-electron chi connectivity index (χ2n) is 3.69. The summed E-state index contributed by atoms with van der Waals surface area (Å²) in [6, 6.07) is 6.04. The van der Waals surface area contributed by atoms with Crippen LogP contribution in [0.1, 0.15) is 12.8 Å². The van der Waals surface area contributed by atoms with E-state index in [9.17, 15) is 9.59 Å². The number of hydrogen-bond donors (Lipinski definition) is 3. The van der Waals surface area contributed by atoms with Gasteiger partial charge in [0.1, 0.15) is 11.8 Å². The minimum Gasteiger partial charge on any atom is -0.508 e. The molecule has 84 valence electrons. The van der Waals surface area contributed by atoms with Crippen molar-refractivity contribution < 1.29 is 14.7 Å². The van der Waals surface area contributed by atoms with Gasteiger partial charge in [-0.1, -0.05) is 0 Å². The molecule has 16 heavy (non-hydrogen) atoms. The monoisotopic (exact) mass is 220 g/mol. The van der Waals surface area contributed by atoms with Crippen LogP contribution in [0, 0.1) is 0 Å². The van der Waals surface area contributed by atoms with E-state index in [1.165, 1.54) is 12.1 Å². The third-order valence-electron chi connectivity index (χ3n) is 2.45. The molecule has 1 aliphatic heterocycles. The minimum atomic E-state index is -0.387. The van der Waals surface area contributed by atoms with Crippen molar-refractivity contribution in [2.75, 3.05) is 5.32 Å². The van der Waals surface area contributed by atoms with Crippen LogP contribution < -0.4 is 10.6 Å². The van der Waals surface area contributed by atoms with Crippen molar-refractivity contribution in [3.63, 3.8) is 0 Å². The van der Waals surface area contributed by atoms with Crippen molar-refractivity contribution in [3.8, 4) is 5.75 Å². The number of carbonyl (C=O) groups excluding carboxylic acids is 2. The molecule has 1 heterocycles. The zero-order valence-electron chi connectivity index (χ0n) is 8.56. The van der Waals surface area contributed by atoms with E-state index in [0.717, 1.165) is 5.69 Å². The molecule has 0 aromatic heterocycles. The van der Waals surface area contributed by atoms with Crippen molar-refractivity contribution in [3.05, 3.63) is 24.3 Å². The molecule has 1 atom stereocenters. The maximum Gasteiger partial charge on any atom is 0.249 e. The maximum absolute atomic E-state index is 11.4. The van der Waals surface area contributed by atoms with Gasteiger partial charge in [0, 0.05) is 12.1 Å². The highest BCUT2D eigenvalue weighted by Crippen LogP contribution is 2.17. The standard InChI is InChI=1S/C11H12N2O3/c14-8-3-1-7(2-4-8)12-9-5-6-10(15)13-11(9)16/h1-4,9,12,14H,5-6H2,(H,13,15,16). The summed E-state index contributed by atoms with van der Waals surface area (Å²) >= 11 is 0. The smallest absolute Gasteiger partial charge is 0.249 e. The summed E-state index contributed by atoms with van der Waals surface area (Å²) in [4.78, 5) is 22.4. The first-order chi connectivity index (χ1) is 7.65. The molecular weight excluding hydrogens is 208 g/mol. The molecule has 5 heteroatoms. The summed E-state index contributed by atoms with van der Waals surface area (Å²) in [6.45, 7) is 0. The number of nitrogens with one attached hydrogen (secondary N) is 2. The third kappa shape index (κ3) is 2.31. The molecular formula is C11H12N2O3. The topological polar surface area (TPSA) is 78.4 Å². The number of imide groups is 1. The van der Waals surface area contributed by atoms with Crippen LogP contribution in [0.2, 0.25) is 0 Å². The molecule has 1 aromatic rings. The predicted octanol–water partition coefficient (Wildman–Crippen LogP) is 0.609. The zero-order valence-corrected chi connectivity index (χ0v) is 8.56. The van der Waals surface area contributed by atoms with Gasteiger partial charge in [0.2, 0.25) is 11.8 Å². The average Bonchev–Trinajstić information content (AvgIpc) is 2.25. The second-order valence-corrected chi connectivity index (χ2v) is 3.69. The Morgan fingerprint density at radius 2 is 1.94 bits per heavy atom. The molecule has 3 N–H and O–H groups in total. The van der Waals surface area contributed by atoms with E-state index >= 15 is 0 Å². The van der Waals surface area contributed by atoms with Gasteiger partial charge in [-0.15, -0.1) is 0 Å². The second kappa shape index (κ2) is 4.22. The van der Waals surface area contributed by atoms with Gasteiger partial charge in [-0.3, -0.25) is 14.9 Å². The molecule has 0 bridgehead atoms. The van der Waals surface area contributed by atoms with E-state index in [2.05, 4.69) is 10.6 Å². The number of aromatic hydroxyl groups is 1. The average molecular weight is 220 g/mol. The number of benzene rings is 1. The normalized spacial score (nSPS) is 20.4. The number of phenolic OH excluding ortho intramolecular Hbond substituents is 1. The van der Waals surface area contributed by atoms with E-state index in [4.69, 9.17) is 5.11 Å². The first-order valence-electron chi connectivity index (χ1n) is 5.04. The Bertz CT molecular complexity index is 414. The van der Waals surface area contributed by atoms with E-state index in [-0.39, 0.29) is 23.6 Å². The molecule has 0 aliphatic carbocycles. The van der Waals surface area contributed by atoms with Crippen molar-refractivity contribution in [2.24, 2.45) is 0 Å². The van der Waals surface area contributed by atoms with Gasteiger partial charge < -0.3 is 10.4 Å². The summed E-state index contributed by atoms with van der Waals surface area (Å²) in [5.41, 5.74) is 0.743. The minimum absolute atomic E-state index is 0.175. The molecule has 0 saturated carbocycles. The fourth-order valence-corrected chi connectivity index (χ4v) is 1.59. The maximum atomic E-state index is 11.4. The lowest BCUT2D eigenvalue weighted by Crippen LogP contribution is -2.47. The molecule has 1 saturated heterocycles. The van der Waals surface area contributed by atoms with Crippen LogP contribution in [0.5, 0.6) is 5.75 Å². The van der Waals surface area contributed by atoms with Gasteiger partial charge in [0.15, 0.2) is 0 Å². The van der Waals surface area contributed by atoms with Crippen LogP contribution in [0.15, 0.2) is 24.3 Å². The Kier molecular flexibility index (Phi) is 2.76. The number of phenols is 1. The Morgan fingerprint density at radius 1 is 1.25 bits per heavy atom. The molecule has 2 rings (SSSR count). The molecule has 1 fully saturated rings. The fourth-order valence-electron chi connectivity index (χ4n) is 1.59.